The number of rotatable bonds is 9. The van der Waals surface area contributed by atoms with Crippen LogP contribution >= 0.6 is 23.2 Å². The van der Waals surface area contributed by atoms with Crippen LogP contribution in [0.4, 0.5) is 0 Å². The summed E-state index contributed by atoms with van der Waals surface area (Å²) in [6.45, 7) is 6.92. The highest BCUT2D eigenvalue weighted by Crippen LogP contribution is 2.39. The highest BCUT2D eigenvalue weighted by Gasteiger charge is 2.37. The zero-order chi connectivity index (χ0) is 31.7. The van der Waals surface area contributed by atoms with E-state index in [0.29, 0.717) is 34.5 Å². The molecular formula is C35H40Cl2N6O2. The Morgan fingerprint density at radius 2 is 1.22 bits per heavy atom. The molecule has 4 aromatic rings. The molecule has 2 unspecified atom stereocenters. The first-order valence-corrected chi connectivity index (χ1v) is 16.9. The lowest BCUT2D eigenvalue weighted by molar-refractivity contribution is -0.134. The Morgan fingerprint density at radius 3 is 1.76 bits per heavy atom. The highest BCUT2D eigenvalue weighted by atomic mass is 35.5. The van der Waals surface area contributed by atoms with Crippen molar-refractivity contribution >= 4 is 35.0 Å². The Balaban J connectivity index is 1.17. The van der Waals surface area contributed by atoms with Crippen LogP contribution in [0.2, 0.25) is 10.3 Å². The number of aromatic amines is 2. The predicted molar refractivity (Wildman–Crippen MR) is 179 cm³/mol. The van der Waals surface area contributed by atoms with Crippen LogP contribution in [-0.4, -0.2) is 54.1 Å². The number of imidazole rings is 2. The highest BCUT2D eigenvalue weighted by molar-refractivity contribution is 6.32. The lowest BCUT2D eigenvalue weighted by Gasteiger charge is -2.27. The third kappa shape index (κ3) is 6.27. The summed E-state index contributed by atoms with van der Waals surface area (Å²) in [5, 5.41) is 0.965. The van der Waals surface area contributed by atoms with Gasteiger partial charge in [0, 0.05) is 36.6 Å². The van der Waals surface area contributed by atoms with Crippen LogP contribution in [0.3, 0.4) is 0 Å². The zero-order valence-corrected chi connectivity index (χ0v) is 27.6. The molecule has 2 aromatic heterocycles. The second-order valence-electron chi connectivity index (χ2n) is 12.2. The number of hydrogen-bond acceptors (Lipinski definition) is 4. The van der Waals surface area contributed by atoms with Crippen LogP contribution in [0.1, 0.15) is 95.9 Å². The molecule has 3 atom stereocenters. The summed E-state index contributed by atoms with van der Waals surface area (Å²) in [5.41, 5.74) is 5.33. The van der Waals surface area contributed by atoms with E-state index >= 15 is 0 Å². The maximum absolute atomic E-state index is 12.8. The van der Waals surface area contributed by atoms with E-state index in [9.17, 15) is 9.59 Å². The molecule has 2 fully saturated rings. The van der Waals surface area contributed by atoms with Crippen LogP contribution in [-0.2, 0) is 9.59 Å². The Morgan fingerprint density at radius 1 is 0.733 bits per heavy atom. The fourth-order valence-corrected chi connectivity index (χ4v) is 7.30. The molecule has 0 aliphatic carbocycles. The summed E-state index contributed by atoms with van der Waals surface area (Å²) in [5.74, 6) is 1.84. The molecule has 0 saturated carbocycles. The molecule has 2 amide bonds. The summed E-state index contributed by atoms with van der Waals surface area (Å²) in [4.78, 5) is 45.6. The van der Waals surface area contributed by atoms with E-state index in [-0.39, 0.29) is 29.9 Å². The van der Waals surface area contributed by atoms with Gasteiger partial charge in [-0.25, -0.2) is 9.97 Å². The lowest BCUT2D eigenvalue weighted by atomic mass is 10.0. The summed E-state index contributed by atoms with van der Waals surface area (Å²) in [7, 11) is 0. The first kappa shape index (κ1) is 31.4. The average molecular weight is 648 g/mol. The van der Waals surface area contributed by atoms with Crippen molar-refractivity contribution in [2.24, 2.45) is 0 Å². The van der Waals surface area contributed by atoms with Gasteiger partial charge < -0.3 is 19.8 Å². The smallest absolute Gasteiger partial charge is 0.223 e. The lowest BCUT2D eigenvalue weighted by Crippen LogP contribution is -2.35. The van der Waals surface area contributed by atoms with E-state index in [1.165, 1.54) is 0 Å². The second kappa shape index (κ2) is 13.4. The number of hydrogen-bond donors (Lipinski definition) is 2. The number of likely N-dealkylation sites (tertiary alicyclic amines) is 2. The van der Waals surface area contributed by atoms with E-state index in [4.69, 9.17) is 33.2 Å². The predicted octanol–water partition coefficient (Wildman–Crippen LogP) is 8.76. The van der Waals surface area contributed by atoms with Crippen LogP contribution in [0.25, 0.3) is 33.6 Å². The average Bonchev–Trinajstić information content (AvgIpc) is 3.83. The molecule has 2 saturated heterocycles. The van der Waals surface area contributed by atoms with Crippen molar-refractivity contribution in [3.05, 3.63) is 70.5 Å². The topological polar surface area (TPSA) is 98.0 Å². The quantitative estimate of drug-likeness (QED) is 0.190. The molecule has 2 aliphatic rings. The van der Waals surface area contributed by atoms with Crippen molar-refractivity contribution in [1.82, 2.24) is 29.7 Å². The van der Waals surface area contributed by atoms with E-state index in [1.807, 2.05) is 47.9 Å². The fourth-order valence-electron chi connectivity index (χ4n) is 6.80. The monoisotopic (exact) mass is 646 g/mol. The normalized spacial score (nSPS) is 19.9. The third-order valence-corrected chi connectivity index (χ3v) is 9.64. The van der Waals surface area contributed by atoms with Gasteiger partial charge in [0.15, 0.2) is 0 Å². The number of H-pyrrole nitrogens is 2. The van der Waals surface area contributed by atoms with Crippen molar-refractivity contribution in [2.75, 3.05) is 6.54 Å². The Bertz CT molecular complexity index is 1660. The first-order chi connectivity index (χ1) is 21.8. The first-order valence-electron chi connectivity index (χ1n) is 16.1. The maximum Gasteiger partial charge on any atom is 0.223 e. The summed E-state index contributed by atoms with van der Waals surface area (Å²) >= 11 is 13.3. The largest absolute Gasteiger partial charge is 0.333 e. The number of halogens is 2. The molecule has 0 radical (unpaired) electrons. The molecule has 2 N–H and O–H groups in total. The molecule has 236 valence electrons. The van der Waals surface area contributed by atoms with Gasteiger partial charge in [0.2, 0.25) is 11.8 Å². The van der Waals surface area contributed by atoms with Crippen LogP contribution in [0, 0.1) is 0 Å². The molecule has 0 bridgehead atoms. The molecule has 10 heteroatoms. The third-order valence-electron chi connectivity index (χ3n) is 9.09. The maximum atomic E-state index is 12.8. The van der Waals surface area contributed by atoms with E-state index < -0.39 is 0 Å². The molecule has 45 heavy (non-hydrogen) atoms. The number of nitrogens with one attached hydrogen (secondary N) is 2. The van der Waals surface area contributed by atoms with Gasteiger partial charge in [0.1, 0.15) is 33.3 Å². The van der Waals surface area contributed by atoms with Crippen LogP contribution < -0.4 is 0 Å². The number of amides is 2. The second-order valence-corrected chi connectivity index (χ2v) is 13.0. The van der Waals surface area contributed by atoms with Crippen molar-refractivity contribution in [3.8, 4) is 33.6 Å². The Labute approximate surface area is 274 Å². The van der Waals surface area contributed by atoms with E-state index in [1.54, 1.807) is 0 Å². The van der Waals surface area contributed by atoms with Gasteiger partial charge in [-0.1, -0.05) is 85.6 Å². The Hall–Kier alpha value is -3.62. The minimum atomic E-state index is -0.0807. The van der Waals surface area contributed by atoms with Crippen molar-refractivity contribution < 1.29 is 9.59 Å². The summed E-state index contributed by atoms with van der Waals surface area (Å²) in [6, 6.07) is 16.4. The van der Waals surface area contributed by atoms with Gasteiger partial charge in [-0.2, -0.15) is 0 Å². The summed E-state index contributed by atoms with van der Waals surface area (Å²) in [6.07, 6.45) is 6.43. The van der Waals surface area contributed by atoms with E-state index in [0.717, 1.165) is 79.0 Å². The number of benzene rings is 2. The van der Waals surface area contributed by atoms with Gasteiger partial charge in [0.05, 0.1) is 12.1 Å². The fraction of sp³-hybridized carbons (Fsp3) is 0.429. The number of nitrogens with zero attached hydrogens (tertiary/aromatic N) is 4. The molecular weight excluding hydrogens is 607 g/mol. The SMILES string of the molecule is CCCC(=O)N1CCCC1c1nc(-c2ccc(-c3ccc(-c4nc(C5CC[C@H](C)N5C(=O)CCC)[nH]c4Cl)cc3)cc2)c(Cl)[nH]1. The molecule has 6 rings (SSSR count). The van der Waals surface area contributed by atoms with E-state index in [2.05, 4.69) is 41.2 Å². The zero-order valence-electron chi connectivity index (χ0n) is 26.1. The van der Waals surface area contributed by atoms with Gasteiger partial charge in [-0.15, -0.1) is 0 Å². The number of carbonyl (C=O) groups excluding carboxylic acids is 2. The number of aromatic nitrogens is 4. The van der Waals surface area contributed by atoms with Crippen molar-refractivity contribution in [3.63, 3.8) is 0 Å². The molecule has 2 aliphatic heterocycles. The van der Waals surface area contributed by atoms with Gasteiger partial charge in [0.25, 0.3) is 0 Å². The van der Waals surface area contributed by atoms with Crippen molar-refractivity contribution in [1.29, 1.82) is 0 Å². The van der Waals surface area contributed by atoms with Gasteiger partial charge >= 0.3 is 0 Å². The molecule has 4 heterocycles. The molecule has 2 aromatic carbocycles. The van der Waals surface area contributed by atoms with Crippen molar-refractivity contribution in [2.45, 2.75) is 90.3 Å². The van der Waals surface area contributed by atoms with Gasteiger partial charge in [-0.3, -0.25) is 9.59 Å². The summed E-state index contributed by atoms with van der Waals surface area (Å²) < 4.78 is 0. The minimum Gasteiger partial charge on any atom is -0.333 e. The number of carbonyl (C=O) groups is 2. The van der Waals surface area contributed by atoms with Gasteiger partial charge in [-0.05, 0) is 56.6 Å². The minimum absolute atomic E-state index is 0.0589. The van der Waals surface area contributed by atoms with Crippen LogP contribution in [0.15, 0.2) is 48.5 Å². The standard InChI is InChI=1S/C35H40Cl2N6O2/c1-4-7-28(44)42-20-6-9-26(42)34-38-30(32(36)40-34)24-15-11-22(12-16-24)23-13-17-25(18-14-23)31-33(37)41-35(39-31)27-19-10-21(3)43(27)29(45)8-5-2/h11-18,21,26-27H,4-10,19-20H2,1-3H3,(H,38,40)(H,39,41)/t21-,26?,27?/m0/s1. The molecule has 8 nitrogen and oxygen atoms in total. The molecule has 0 spiro atoms. The Kier molecular flexibility index (Phi) is 9.33. The van der Waals surface area contributed by atoms with Crippen LogP contribution in [0.5, 0.6) is 0 Å².